The third-order valence-corrected chi connectivity index (χ3v) is 5.54. The lowest BCUT2D eigenvalue weighted by atomic mass is 10.1. The van der Waals surface area contributed by atoms with Crippen molar-refractivity contribution in [3.63, 3.8) is 0 Å². The van der Waals surface area contributed by atoms with Crippen molar-refractivity contribution in [2.75, 3.05) is 51.3 Å². The summed E-state index contributed by atoms with van der Waals surface area (Å²) in [5, 5.41) is 5.42. The second-order valence-corrected chi connectivity index (χ2v) is 7.57. The number of nitrogens with zero attached hydrogens (tertiary/aromatic N) is 2. The van der Waals surface area contributed by atoms with Gasteiger partial charge in [0, 0.05) is 45.0 Å². The van der Waals surface area contributed by atoms with Gasteiger partial charge in [0.25, 0.3) is 0 Å². The lowest BCUT2D eigenvalue weighted by Gasteiger charge is -2.39. The number of furan rings is 1. The summed E-state index contributed by atoms with van der Waals surface area (Å²) in [5.41, 5.74) is 1.16. The number of hydrogen-bond donors (Lipinski definition) is 2. The lowest BCUT2D eigenvalue weighted by Crippen LogP contribution is -2.50. The molecule has 1 saturated heterocycles. The number of carbonyl (C=O) groups is 2. The van der Waals surface area contributed by atoms with Crippen LogP contribution in [0.25, 0.3) is 0 Å². The molecule has 2 amide bonds. The zero-order chi connectivity index (χ0) is 22.1. The van der Waals surface area contributed by atoms with Crippen LogP contribution in [-0.4, -0.2) is 63.1 Å². The molecule has 0 saturated carbocycles. The number of carbonyl (C=O) groups excluding carboxylic acids is 2. The van der Waals surface area contributed by atoms with Gasteiger partial charge in [-0.05, 0) is 42.8 Å². The van der Waals surface area contributed by atoms with Gasteiger partial charge in [-0.2, -0.15) is 0 Å². The molecule has 0 bridgehead atoms. The van der Waals surface area contributed by atoms with Crippen LogP contribution >= 0.6 is 0 Å². The van der Waals surface area contributed by atoms with E-state index in [1.54, 1.807) is 13.4 Å². The van der Waals surface area contributed by atoms with Gasteiger partial charge in [0.2, 0.25) is 0 Å². The summed E-state index contributed by atoms with van der Waals surface area (Å²) < 4.78 is 10.9. The number of hydrogen-bond acceptors (Lipinski definition) is 6. The third-order valence-electron chi connectivity index (χ3n) is 5.54. The van der Waals surface area contributed by atoms with Gasteiger partial charge >= 0.3 is 11.8 Å². The van der Waals surface area contributed by atoms with Crippen LogP contribution in [0.4, 0.5) is 5.69 Å². The number of unbranched alkanes of at least 4 members (excludes halogenated alkanes) is 1. The van der Waals surface area contributed by atoms with Crippen LogP contribution < -0.4 is 20.3 Å². The molecule has 0 radical (unpaired) electrons. The van der Waals surface area contributed by atoms with Crippen molar-refractivity contribution in [3.8, 4) is 5.75 Å². The van der Waals surface area contributed by atoms with E-state index in [0.717, 1.165) is 56.2 Å². The fourth-order valence-electron chi connectivity index (χ4n) is 3.70. The van der Waals surface area contributed by atoms with Crippen LogP contribution in [0.15, 0.2) is 47.1 Å². The summed E-state index contributed by atoms with van der Waals surface area (Å²) in [6, 6.07) is 11.7. The zero-order valence-corrected chi connectivity index (χ0v) is 18.3. The Hall–Kier alpha value is -3.00. The van der Waals surface area contributed by atoms with Crippen LogP contribution in [0, 0.1) is 0 Å². The van der Waals surface area contributed by atoms with E-state index in [2.05, 4.69) is 32.6 Å². The summed E-state index contributed by atoms with van der Waals surface area (Å²) in [4.78, 5) is 28.8. The molecule has 31 heavy (non-hydrogen) atoms. The van der Waals surface area contributed by atoms with Gasteiger partial charge in [-0.3, -0.25) is 14.5 Å². The van der Waals surface area contributed by atoms with E-state index in [1.165, 1.54) is 0 Å². The highest BCUT2D eigenvalue weighted by Gasteiger charge is 2.28. The van der Waals surface area contributed by atoms with Crippen LogP contribution in [0.2, 0.25) is 0 Å². The van der Waals surface area contributed by atoms with Crippen molar-refractivity contribution >= 4 is 17.5 Å². The molecule has 1 fully saturated rings. The minimum atomic E-state index is -0.607. The summed E-state index contributed by atoms with van der Waals surface area (Å²) in [5.74, 6) is 0.430. The number of ether oxygens (including phenoxy) is 1. The number of piperazine rings is 1. The van der Waals surface area contributed by atoms with E-state index >= 15 is 0 Å². The Morgan fingerprint density at radius 3 is 2.39 bits per heavy atom. The first-order valence-electron chi connectivity index (χ1n) is 10.8. The second kappa shape index (κ2) is 11.4. The number of rotatable bonds is 9. The topological polar surface area (TPSA) is 87.0 Å². The van der Waals surface area contributed by atoms with E-state index < -0.39 is 11.8 Å². The fourth-order valence-corrected chi connectivity index (χ4v) is 3.70. The molecule has 0 aliphatic carbocycles. The Morgan fingerprint density at radius 2 is 1.77 bits per heavy atom. The molecule has 8 heteroatoms. The fraction of sp³-hybridized carbons (Fsp3) is 0.478. The molecular weight excluding hydrogens is 396 g/mol. The number of amides is 2. The highest BCUT2D eigenvalue weighted by Crippen LogP contribution is 2.25. The predicted octanol–water partition coefficient (Wildman–Crippen LogP) is 2.18. The molecule has 168 valence electrons. The first kappa shape index (κ1) is 22.7. The molecule has 0 unspecified atom stereocenters. The molecule has 1 aliphatic rings. The Bertz CT molecular complexity index is 815. The number of benzene rings is 1. The maximum absolute atomic E-state index is 12.2. The van der Waals surface area contributed by atoms with Crippen molar-refractivity contribution in [1.29, 1.82) is 0 Å². The lowest BCUT2D eigenvalue weighted by molar-refractivity contribution is -0.139. The van der Waals surface area contributed by atoms with Gasteiger partial charge in [-0.1, -0.05) is 13.3 Å². The Morgan fingerprint density at radius 1 is 1.06 bits per heavy atom. The molecule has 3 rings (SSSR count). The normalized spacial score (nSPS) is 15.4. The second-order valence-electron chi connectivity index (χ2n) is 7.57. The van der Waals surface area contributed by atoms with Crippen LogP contribution in [0.1, 0.15) is 31.6 Å². The molecule has 8 nitrogen and oxygen atoms in total. The molecule has 2 N–H and O–H groups in total. The SMILES string of the molecule is CCCCNC(=O)C(=O)NC[C@H](c1ccco1)N1CCN(c2ccc(OC)cc2)CC1. The predicted molar refractivity (Wildman–Crippen MR) is 119 cm³/mol. The van der Waals surface area contributed by atoms with Gasteiger partial charge in [0.1, 0.15) is 11.5 Å². The Labute approximate surface area is 183 Å². The molecule has 0 spiro atoms. The Kier molecular flexibility index (Phi) is 8.35. The molecule has 1 aromatic heterocycles. The largest absolute Gasteiger partial charge is 0.497 e. The third kappa shape index (κ3) is 6.24. The van der Waals surface area contributed by atoms with Crippen molar-refractivity contribution in [3.05, 3.63) is 48.4 Å². The summed E-state index contributed by atoms with van der Waals surface area (Å²) in [7, 11) is 1.66. The van der Waals surface area contributed by atoms with E-state index in [9.17, 15) is 9.59 Å². The van der Waals surface area contributed by atoms with Crippen LogP contribution in [0.3, 0.4) is 0 Å². The van der Waals surface area contributed by atoms with Crippen LogP contribution in [-0.2, 0) is 9.59 Å². The van der Waals surface area contributed by atoms with Gasteiger partial charge < -0.3 is 24.7 Å². The minimum Gasteiger partial charge on any atom is -0.497 e. The first-order chi connectivity index (χ1) is 15.1. The average Bonchev–Trinajstić information content (AvgIpc) is 3.34. The molecular formula is C23H32N4O4. The van der Waals surface area contributed by atoms with Crippen molar-refractivity contribution in [2.45, 2.75) is 25.8 Å². The van der Waals surface area contributed by atoms with E-state index in [0.29, 0.717) is 13.1 Å². The minimum absolute atomic E-state index is 0.125. The van der Waals surface area contributed by atoms with Crippen molar-refractivity contribution in [1.82, 2.24) is 15.5 Å². The summed E-state index contributed by atoms with van der Waals surface area (Å²) >= 11 is 0. The van der Waals surface area contributed by atoms with Crippen molar-refractivity contribution < 1.29 is 18.7 Å². The highest BCUT2D eigenvalue weighted by molar-refractivity contribution is 6.35. The van der Waals surface area contributed by atoms with Gasteiger partial charge in [-0.15, -0.1) is 0 Å². The smallest absolute Gasteiger partial charge is 0.309 e. The van der Waals surface area contributed by atoms with Gasteiger partial charge in [0.05, 0.1) is 19.4 Å². The average molecular weight is 429 g/mol. The maximum atomic E-state index is 12.2. The number of methoxy groups -OCH3 is 1. The standard InChI is InChI=1S/C23H32N4O4/c1-3-4-11-24-22(28)23(29)25-17-20(21-6-5-16-31-21)27-14-12-26(13-15-27)18-7-9-19(30-2)10-8-18/h5-10,16,20H,3-4,11-15,17H2,1-2H3,(H,24,28)(H,25,29)/t20-/m1/s1. The van der Waals surface area contributed by atoms with Gasteiger partial charge in [-0.25, -0.2) is 0 Å². The number of nitrogens with one attached hydrogen (secondary N) is 2. The molecule has 1 aromatic carbocycles. The van der Waals surface area contributed by atoms with Crippen LogP contribution in [0.5, 0.6) is 5.75 Å². The highest BCUT2D eigenvalue weighted by atomic mass is 16.5. The van der Waals surface area contributed by atoms with E-state index in [4.69, 9.17) is 9.15 Å². The van der Waals surface area contributed by atoms with Crippen molar-refractivity contribution in [2.24, 2.45) is 0 Å². The zero-order valence-electron chi connectivity index (χ0n) is 18.3. The monoisotopic (exact) mass is 428 g/mol. The molecule has 2 aromatic rings. The quantitative estimate of drug-likeness (QED) is 0.470. The first-order valence-corrected chi connectivity index (χ1v) is 10.8. The number of anilines is 1. The maximum Gasteiger partial charge on any atom is 0.309 e. The molecule has 1 atom stereocenters. The summed E-state index contributed by atoms with van der Waals surface area (Å²) in [6.45, 7) is 6.21. The van der Waals surface area contributed by atoms with E-state index in [1.807, 2.05) is 31.2 Å². The molecule has 2 heterocycles. The summed E-state index contributed by atoms with van der Waals surface area (Å²) in [6.07, 6.45) is 3.45. The van der Waals surface area contributed by atoms with E-state index in [-0.39, 0.29) is 6.04 Å². The van der Waals surface area contributed by atoms with Gasteiger partial charge in [0.15, 0.2) is 0 Å². The Balaban J connectivity index is 1.56. The molecule has 1 aliphatic heterocycles.